The summed E-state index contributed by atoms with van der Waals surface area (Å²) in [5, 5.41) is 3.27. The van der Waals surface area contributed by atoms with Gasteiger partial charge in [0, 0.05) is 23.6 Å². The number of hydrogen-bond acceptors (Lipinski definition) is 3. The summed E-state index contributed by atoms with van der Waals surface area (Å²) in [6, 6.07) is 9.87. The van der Waals surface area contributed by atoms with E-state index in [0.717, 1.165) is 30.2 Å². The van der Waals surface area contributed by atoms with E-state index in [1.54, 1.807) is 0 Å². The molecule has 2 unspecified atom stereocenters. The Morgan fingerprint density at radius 2 is 2.05 bits per heavy atom. The fourth-order valence-corrected chi connectivity index (χ4v) is 3.27. The fourth-order valence-electron chi connectivity index (χ4n) is 3.01. The zero-order valence-electron chi connectivity index (χ0n) is 11.3. The first-order valence-corrected chi connectivity index (χ1v) is 7.86. The highest BCUT2D eigenvalue weighted by Crippen LogP contribution is 2.38. The highest BCUT2D eigenvalue weighted by Gasteiger charge is 2.40. The van der Waals surface area contributed by atoms with Crippen LogP contribution < -0.4 is 5.32 Å². The zero-order chi connectivity index (χ0) is 13.2. The summed E-state index contributed by atoms with van der Waals surface area (Å²) >= 11 is 3.51. The molecule has 0 spiro atoms. The Balaban J connectivity index is 1.87. The average molecular weight is 325 g/mol. The molecule has 104 valence electrons. The van der Waals surface area contributed by atoms with Crippen LogP contribution in [0.2, 0.25) is 0 Å². The Hall–Kier alpha value is -0.420. The van der Waals surface area contributed by atoms with Gasteiger partial charge in [0.05, 0.1) is 18.8 Å². The van der Waals surface area contributed by atoms with Crippen LogP contribution in [0.3, 0.4) is 0 Å². The van der Waals surface area contributed by atoms with Crippen LogP contribution in [0.4, 0.5) is 0 Å². The van der Waals surface area contributed by atoms with Crippen molar-refractivity contribution in [2.24, 2.45) is 0 Å². The van der Waals surface area contributed by atoms with Gasteiger partial charge in [0.1, 0.15) is 0 Å². The zero-order valence-corrected chi connectivity index (χ0v) is 12.9. The number of hydrogen-bond donors (Lipinski definition) is 1. The molecular weight excluding hydrogens is 304 g/mol. The van der Waals surface area contributed by atoms with E-state index in [0.29, 0.717) is 6.04 Å². The van der Waals surface area contributed by atoms with Crippen molar-refractivity contribution in [3.05, 3.63) is 34.3 Å². The molecular formula is C15H21BrN2O. The molecule has 3 rings (SSSR count). The standard InChI is InChI=1S/C15H21BrN2O/c1-17-10-14-15(11-2-4-12(16)5-3-11)18(8-9-19-14)13-6-7-13/h2-5,13-15,17H,6-10H2,1H3. The van der Waals surface area contributed by atoms with E-state index >= 15 is 0 Å². The third-order valence-corrected chi connectivity index (χ3v) is 4.55. The summed E-state index contributed by atoms with van der Waals surface area (Å²) in [7, 11) is 2.00. The predicted octanol–water partition coefficient (Wildman–Crippen LogP) is 2.57. The van der Waals surface area contributed by atoms with Crippen molar-refractivity contribution in [2.75, 3.05) is 26.7 Å². The Morgan fingerprint density at radius 3 is 2.68 bits per heavy atom. The number of ether oxygens (including phenoxy) is 1. The second-order valence-electron chi connectivity index (χ2n) is 5.43. The lowest BCUT2D eigenvalue weighted by atomic mass is 9.97. The van der Waals surface area contributed by atoms with Crippen LogP contribution in [0.15, 0.2) is 28.7 Å². The Bertz CT molecular complexity index is 417. The summed E-state index contributed by atoms with van der Waals surface area (Å²) in [6.45, 7) is 2.82. The lowest BCUT2D eigenvalue weighted by molar-refractivity contribution is -0.0740. The summed E-state index contributed by atoms with van der Waals surface area (Å²) in [5.74, 6) is 0. The number of likely N-dealkylation sites (N-methyl/N-ethyl adjacent to an activating group) is 1. The van der Waals surface area contributed by atoms with E-state index in [-0.39, 0.29) is 6.10 Å². The summed E-state index contributed by atoms with van der Waals surface area (Å²) < 4.78 is 7.14. The van der Waals surface area contributed by atoms with Crippen LogP contribution in [0.5, 0.6) is 0 Å². The summed E-state index contributed by atoms with van der Waals surface area (Å²) in [6.07, 6.45) is 2.94. The first-order chi connectivity index (χ1) is 9.29. The van der Waals surface area contributed by atoms with Gasteiger partial charge in [-0.25, -0.2) is 0 Å². The molecule has 1 aliphatic carbocycles. The summed E-state index contributed by atoms with van der Waals surface area (Å²) in [5.41, 5.74) is 1.37. The summed E-state index contributed by atoms with van der Waals surface area (Å²) in [4.78, 5) is 2.65. The molecule has 2 fully saturated rings. The van der Waals surface area contributed by atoms with Crippen LogP contribution in [-0.2, 0) is 4.74 Å². The van der Waals surface area contributed by atoms with E-state index < -0.39 is 0 Å². The van der Waals surface area contributed by atoms with Gasteiger partial charge in [-0.1, -0.05) is 28.1 Å². The number of benzene rings is 1. The second kappa shape index (κ2) is 5.92. The van der Waals surface area contributed by atoms with Crippen molar-refractivity contribution < 1.29 is 4.74 Å². The third-order valence-electron chi connectivity index (χ3n) is 4.02. The van der Waals surface area contributed by atoms with Gasteiger partial charge in [-0.2, -0.15) is 0 Å². The molecule has 1 heterocycles. The highest BCUT2D eigenvalue weighted by molar-refractivity contribution is 9.10. The first-order valence-electron chi connectivity index (χ1n) is 7.07. The molecule has 0 radical (unpaired) electrons. The molecule has 2 atom stereocenters. The molecule has 19 heavy (non-hydrogen) atoms. The smallest absolute Gasteiger partial charge is 0.0896 e. The minimum Gasteiger partial charge on any atom is -0.374 e. The molecule has 1 N–H and O–H groups in total. The van der Waals surface area contributed by atoms with Crippen molar-refractivity contribution in [1.82, 2.24) is 10.2 Å². The topological polar surface area (TPSA) is 24.5 Å². The Labute approximate surface area is 123 Å². The molecule has 1 aliphatic heterocycles. The quantitative estimate of drug-likeness (QED) is 0.921. The predicted molar refractivity (Wildman–Crippen MR) is 80.3 cm³/mol. The maximum atomic E-state index is 6.01. The number of rotatable bonds is 4. The van der Waals surface area contributed by atoms with Crippen molar-refractivity contribution in [3.63, 3.8) is 0 Å². The number of halogens is 1. The SMILES string of the molecule is CNCC1OCCN(C2CC2)C1c1ccc(Br)cc1. The Kier molecular flexibility index (Phi) is 4.22. The molecule has 0 aromatic heterocycles. The van der Waals surface area contributed by atoms with E-state index in [1.807, 2.05) is 7.05 Å². The first kappa shape index (κ1) is 13.6. The van der Waals surface area contributed by atoms with E-state index in [1.165, 1.54) is 18.4 Å². The van der Waals surface area contributed by atoms with Gasteiger partial charge in [-0.15, -0.1) is 0 Å². The van der Waals surface area contributed by atoms with Gasteiger partial charge < -0.3 is 10.1 Å². The highest BCUT2D eigenvalue weighted by atomic mass is 79.9. The minimum atomic E-state index is 0.250. The molecule has 1 aromatic carbocycles. The number of nitrogens with zero attached hydrogens (tertiary/aromatic N) is 1. The number of morpholine rings is 1. The van der Waals surface area contributed by atoms with Crippen molar-refractivity contribution in [1.29, 1.82) is 0 Å². The van der Waals surface area contributed by atoms with Crippen molar-refractivity contribution >= 4 is 15.9 Å². The van der Waals surface area contributed by atoms with E-state index in [9.17, 15) is 0 Å². The minimum absolute atomic E-state index is 0.250. The normalized spacial score (nSPS) is 28.5. The van der Waals surface area contributed by atoms with E-state index in [4.69, 9.17) is 4.74 Å². The molecule has 1 saturated carbocycles. The molecule has 2 aliphatic rings. The van der Waals surface area contributed by atoms with Crippen LogP contribution in [0.1, 0.15) is 24.4 Å². The van der Waals surface area contributed by atoms with Gasteiger partial charge >= 0.3 is 0 Å². The molecule has 4 heteroatoms. The molecule has 1 aromatic rings. The fraction of sp³-hybridized carbons (Fsp3) is 0.600. The van der Waals surface area contributed by atoms with Gasteiger partial charge in [-0.3, -0.25) is 4.90 Å². The van der Waals surface area contributed by atoms with Gasteiger partial charge in [0.2, 0.25) is 0 Å². The average Bonchev–Trinajstić information content (AvgIpc) is 3.24. The lowest BCUT2D eigenvalue weighted by Crippen LogP contribution is -2.49. The van der Waals surface area contributed by atoms with Crippen LogP contribution in [-0.4, -0.2) is 43.8 Å². The van der Waals surface area contributed by atoms with Crippen LogP contribution in [0.25, 0.3) is 0 Å². The van der Waals surface area contributed by atoms with Gasteiger partial charge in [0.25, 0.3) is 0 Å². The maximum absolute atomic E-state index is 6.01. The van der Waals surface area contributed by atoms with E-state index in [2.05, 4.69) is 50.4 Å². The molecule has 3 nitrogen and oxygen atoms in total. The molecule has 0 bridgehead atoms. The molecule has 1 saturated heterocycles. The van der Waals surface area contributed by atoms with Crippen molar-refractivity contribution in [3.8, 4) is 0 Å². The van der Waals surface area contributed by atoms with Crippen LogP contribution in [0, 0.1) is 0 Å². The van der Waals surface area contributed by atoms with Crippen molar-refractivity contribution in [2.45, 2.75) is 31.0 Å². The third kappa shape index (κ3) is 3.02. The second-order valence-corrected chi connectivity index (χ2v) is 6.35. The van der Waals surface area contributed by atoms with Gasteiger partial charge in [-0.05, 0) is 37.6 Å². The maximum Gasteiger partial charge on any atom is 0.0896 e. The van der Waals surface area contributed by atoms with Gasteiger partial charge in [0.15, 0.2) is 0 Å². The number of nitrogens with one attached hydrogen (secondary N) is 1. The Morgan fingerprint density at radius 1 is 1.32 bits per heavy atom. The molecule has 0 amide bonds. The monoisotopic (exact) mass is 324 g/mol. The lowest BCUT2D eigenvalue weighted by Gasteiger charge is -2.42. The van der Waals surface area contributed by atoms with Crippen LogP contribution >= 0.6 is 15.9 Å². The largest absolute Gasteiger partial charge is 0.374 e.